The Kier molecular flexibility index (Phi) is 5.63. The lowest BCUT2D eigenvalue weighted by Crippen LogP contribution is -2.56. The maximum atomic E-state index is 12.8. The van der Waals surface area contributed by atoms with E-state index in [0.29, 0.717) is 22.8 Å². The minimum Gasteiger partial charge on any atom is -0.458 e. The summed E-state index contributed by atoms with van der Waals surface area (Å²) < 4.78 is 6.15. The van der Waals surface area contributed by atoms with Crippen molar-refractivity contribution in [3.63, 3.8) is 0 Å². The van der Waals surface area contributed by atoms with Gasteiger partial charge >= 0.3 is 5.97 Å². The number of nitriles is 1. The van der Waals surface area contributed by atoms with Crippen LogP contribution in [-0.4, -0.2) is 12.1 Å². The minimum atomic E-state index is -0.159. The molecule has 4 aliphatic rings. The summed E-state index contributed by atoms with van der Waals surface area (Å²) in [6, 6.07) is 12.1. The molecule has 0 spiro atoms. The van der Waals surface area contributed by atoms with E-state index in [1.54, 1.807) is 0 Å². The summed E-state index contributed by atoms with van der Waals surface area (Å²) in [5, 5.41) is 9.76. The summed E-state index contributed by atoms with van der Waals surface area (Å²) in [7, 11) is 0. The summed E-state index contributed by atoms with van der Waals surface area (Å²) >= 11 is 0. The van der Waals surface area contributed by atoms with Crippen molar-refractivity contribution in [2.45, 2.75) is 84.7 Å². The summed E-state index contributed by atoms with van der Waals surface area (Å²) in [5.41, 5.74) is 1.26. The summed E-state index contributed by atoms with van der Waals surface area (Å²) in [6.07, 6.45) is 10.7. The van der Waals surface area contributed by atoms with Crippen molar-refractivity contribution >= 4 is 5.97 Å². The van der Waals surface area contributed by atoms with Crippen molar-refractivity contribution in [1.82, 2.24) is 0 Å². The fourth-order valence-electron chi connectivity index (χ4n) is 9.17. The highest BCUT2D eigenvalue weighted by Gasteiger charge is 2.61. The molecule has 172 valence electrons. The Morgan fingerprint density at radius 3 is 2.38 bits per heavy atom. The molecule has 9 unspecified atom stereocenters. The van der Waals surface area contributed by atoms with Crippen LogP contribution in [0.1, 0.15) is 88.9 Å². The topological polar surface area (TPSA) is 50.1 Å². The third-order valence-electron chi connectivity index (χ3n) is 10.8. The van der Waals surface area contributed by atoms with Crippen molar-refractivity contribution in [2.75, 3.05) is 0 Å². The molecule has 9 atom stereocenters. The molecule has 0 saturated heterocycles. The third-order valence-corrected chi connectivity index (χ3v) is 10.8. The van der Waals surface area contributed by atoms with Crippen molar-refractivity contribution < 1.29 is 9.53 Å². The minimum absolute atomic E-state index is 0.0469. The number of fused-ring (bicyclic) bond motifs is 5. The van der Waals surface area contributed by atoms with Crippen molar-refractivity contribution in [3.8, 4) is 6.07 Å². The van der Waals surface area contributed by atoms with Crippen LogP contribution in [0.5, 0.6) is 0 Å². The molecule has 4 saturated carbocycles. The number of esters is 1. The maximum Gasteiger partial charge on any atom is 0.338 e. The first kappa shape index (κ1) is 22.0. The number of carbonyl (C=O) groups excluding carboxylic acids is 1. The van der Waals surface area contributed by atoms with E-state index in [0.717, 1.165) is 37.0 Å². The van der Waals surface area contributed by atoms with Crippen molar-refractivity contribution in [1.29, 1.82) is 5.26 Å². The molecule has 0 N–H and O–H groups in total. The summed E-state index contributed by atoms with van der Waals surface area (Å²) in [6.45, 7) is 7.29. The lowest BCUT2D eigenvalue weighted by molar-refractivity contribution is -0.151. The van der Waals surface area contributed by atoms with Gasteiger partial charge in [0, 0.05) is 0 Å². The second-order valence-electron chi connectivity index (χ2n) is 11.8. The molecule has 4 aliphatic carbocycles. The molecular formula is C29H39NO2. The second-order valence-corrected chi connectivity index (χ2v) is 11.8. The standard InChI is InChI=1S/C29H39NO2/c1-4-21-23-13-11-22-24-12-10-20(18-30)28(24,2)16-14-25(22)29(23,3)17-15-26(21)32-27(31)19-8-6-5-7-9-19/h5-9,20-26H,4,10-17H2,1-3H3. The highest BCUT2D eigenvalue weighted by Crippen LogP contribution is 2.68. The summed E-state index contributed by atoms with van der Waals surface area (Å²) in [5.74, 6) is 3.51. The fourth-order valence-corrected chi connectivity index (χ4v) is 9.17. The van der Waals surface area contributed by atoms with Gasteiger partial charge in [-0.1, -0.05) is 39.0 Å². The SMILES string of the molecule is CCC1C(OC(=O)c2ccccc2)CCC2(C)C1CCC1C3CCC(C#N)C3(C)CCC12. The lowest BCUT2D eigenvalue weighted by atomic mass is 9.43. The molecule has 0 amide bonds. The van der Waals surface area contributed by atoms with E-state index in [1.807, 2.05) is 30.3 Å². The van der Waals surface area contributed by atoms with Crippen LogP contribution in [0.2, 0.25) is 0 Å². The van der Waals surface area contributed by atoms with Crippen LogP contribution in [0.25, 0.3) is 0 Å². The Labute approximate surface area is 193 Å². The molecule has 4 fully saturated rings. The molecule has 3 heteroatoms. The maximum absolute atomic E-state index is 12.8. The van der Waals surface area contributed by atoms with Gasteiger partial charge in [-0.15, -0.1) is 0 Å². The van der Waals surface area contributed by atoms with Gasteiger partial charge in [0.25, 0.3) is 0 Å². The highest BCUT2D eigenvalue weighted by molar-refractivity contribution is 5.89. The third kappa shape index (κ3) is 3.24. The van der Waals surface area contributed by atoms with Crippen molar-refractivity contribution in [2.24, 2.45) is 46.3 Å². The zero-order valence-electron chi connectivity index (χ0n) is 20.1. The fraction of sp³-hybridized carbons (Fsp3) is 0.724. The van der Waals surface area contributed by atoms with Gasteiger partial charge < -0.3 is 4.74 Å². The molecule has 32 heavy (non-hydrogen) atoms. The van der Waals surface area contributed by atoms with Gasteiger partial charge in [-0.2, -0.15) is 5.26 Å². The van der Waals surface area contributed by atoms with E-state index in [-0.39, 0.29) is 23.4 Å². The number of ether oxygens (including phenoxy) is 1. The smallest absolute Gasteiger partial charge is 0.338 e. The number of hydrogen-bond acceptors (Lipinski definition) is 3. The van der Waals surface area contributed by atoms with Crippen LogP contribution in [-0.2, 0) is 4.74 Å². The molecule has 0 heterocycles. The number of carbonyl (C=O) groups is 1. The van der Waals surface area contributed by atoms with E-state index in [2.05, 4.69) is 26.8 Å². The molecule has 0 radical (unpaired) electrons. The Hall–Kier alpha value is -1.82. The van der Waals surface area contributed by atoms with Gasteiger partial charge in [0.1, 0.15) is 6.10 Å². The Balaban J connectivity index is 1.35. The molecule has 0 bridgehead atoms. The normalized spacial score (nSPS) is 45.1. The largest absolute Gasteiger partial charge is 0.458 e. The highest BCUT2D eigenvalue weighted by atomic mass is 16.5. The molecule has 3 nitrogen and oxygen atoms in total. The average Bonchev–Trinajstić information content (AvgIpc) is 3.16. The van der Waals surface area contributed by atoms with E-state index < -0.39 is 0 Å². The Morgan fingerprint density at radius 2 is 1.66 bits per heavy atom. The first-order valence-electron chi connectivity index (χ1n) is 13.1. The molecule has 5 rings (SSSR count). The van der Waals surface area contributed by atoms with Gasteiger partial charge in [0.2, 0.25) is 0 Å². The quantitative estimate of drug-likeness (QED) is 0.481. The van der Waals surface area contributed by atoms with Gasteiger partial charge in [-0.3, -0.25) is 0 Å². The van der Waals surface area contributed by atoms with Crippen LogP contribution in [0.15, 0.2) is 30.3 Å². The molecule has 1 aromatic rings. The Bertz CT molecular complexity index is 890. The first-order chi connectivity index (χ1) is 15.4. The van der Waals surface area contributed by atoms with E-state index in [4.69, 9.17) is 4.74 Å². The van der Waals surface area contributed by atoms with Crippen LogP contribution < -0.4 is 0 Å². The zero-order valence-corrected chi connectivity index (χ0v) is 20.1. The van der Waals surface area contributed by atoms with Gasteiger partial charge in [-0.25, -0.2) is 4.79 Å². The number of nitrogens with zero attached hydrogens (tertiary/aromatic N) is 1. The predicted molar refractivity (Wildman–Crippen MR) is 126 cm³/mol. The number of hydrogen-bond donors (Lipinski definition) is 0. The van der Waals surface area contributed by atoms with Crippen LogP contribution in [0.3, 0.4) is 0 Å². The predicted octanol–water partition coefficient (Wildman–Crippen LogP) is 7.03. The number of rotatable bonds is 3. The van der Waals surface area contributed by atoms with Crippen LogP contribution in [0, 0.1) is 57.7 Å². The van der Waals surface area contributed by atoms with E-state index >= 15 is 0 Å². The van der Waals surface area contributed by atoms with Gasteiger partial charge in [0.05, 0.1) is 17.6 Å². The lowest BCUT2D eigenvalue weighted by Gasteiger charge is -2.62. The van der Waals surface area contributed by atoms with Crippen molar-refractivity contribution in [3.05, 3.63) is 35.9 Å². The average molecular weight is 434 g/mol. The Morgan fingerprint density at radius 1 is 0.969 bits per heavy atom. The second kappa shape index (κ2) is 8.19. The monoisotopic (exact) mass is 433 g/mol. The van der Waals surface area contributed by atoms with Crippen LogP contribution >= 0.6 is 0 Å². The summed E-state index contributed by atoms with van der Waals surface area (Å²) in [4.78, 5) is 12.8. The molecule has 0 aromatic heterocycles. The first-order valence-corrected chi connectivity index (χ1v) is 13.1. The van der Waals surface area contributed by atoms with E-state index in [9.17, 15) is 10.1 Å². The molecular weight excluding hydrogens is 394 g/mol. The molecule has 1 aromatic carbocycles. The zero-order chi connectivity index (χ0) is 22.5. The van der Waals surface area contributed by atoms with E-state index in [1.165, 1.54) is 38.5 Å². The number of benzene rings is 1. The van der Waals surface area contributed by atoms with Gasteiger partial charge in [0.15, 0.2) is 0 Å². The molecule has 0 aliphatic heterocycles. The van der Waals surface area contributed by atoms with Gasteiger partial charge in [-0.05, 0) is 110 Å². The van der Waals surface area contributed by atoms with Crippen LogP contribution in [0.4, 0.5) is 0 Å².